The zero-order chi connectivity index (χ0) is 17.0. The Balaban J connectivity index is 1.87. The van der Waals surface area contributed by atoms with Gasteiger partial charge in [0.15, 0.2) is 0 Å². The average Bonchev–Trinajstić information content (AvgIpc) is 2.99. The van der Waals surface area contributed by atoms with Gasteiger partial charge in [0.1, 0.15) is 6.61 Å². The SMILES string of the molecule is Cc1nn(CC(C)C)c(C)c1CCC(=O)OCc1cnn(C)c1. The highest BCUT2D eigenvalue weighted by Gasteiger charge is 2.14. The third-order valence-electron chi connectivity index (χ3n) is 3.81. The molecule has 0 saturated heterocycles. The first-order chi connectivity index (χ1) is 10.9. The van der Waals surface area contributed by atoms with Crippen molar-refractivity contribution in [1.29, 1.82) is 0 Å². The van der Waals surface area contributed by atoms with Crippen LogP contribution < -0.4 is 0 Å². The molecule has 0 aromatic carbocycles. The summed E-state index contributed by atoms with van der Waals surface area (Å²) in [5.74, 6) is 0.356. The molecule has 126 valence electrons. The molecule has 0 fully saturated rings. The van der Waals surface area contributed by atoms with E-state index in [0.717, 1.165) is 29.1 Å². The van der Waals surface area contributed by atoms with Crippen LogP contribution in [-0.4, -0.2) is 25.5 Å². The van der Waals surface area contributed by atoms with Crippen molar-refractivity contribution in [2.75, 3.05) is 0 Å². The first kappa shape index (κ1) is 17.2. The van der Waals surface area contributed by atoms with E-state index in [0.29, 0.717) is 18.8 Å². The molecule has 0 N–H and O–H groups in total. The molecule has 6 heteroatoms. The fourth-order valence-corrected chi connectivity index (χ4v) is 2.63. The van der Waals surface area contributed by atoms with E-state index in [1.54, 1.807) is 10.9 Å². The summed E-state index contributed by atoms with van der Waals surface area (Å²) >= 11 is 0. The predicted octanol–water partition coefficient (Wildman–Crippen LogP) is 2.57. The van der Waals surface area contributed by atoms with Crippen LogP contribution in [0, 0.1) is 19.8 Å². The van der Waals surface area contributed by atoms with Crippen LogP contribution in [0.2, 0.25) is 0 Å². The molecule has 0 aliphatic heterocycles. The number of rotatable bonds is 7. The van der Waals surface area contributed by atoms with Crippen molar-refractivity contribution in [3.63, 3.8) is 0 Å². The van der Waals surface area contributed by atoms with Crippen LogP contribution in [0.4, 0.5) is 0 Å². The van der Waals surface area contributed by atoms with Gasteiger partial charge in [0, 0.05) is 37.5 Å². The van der Waals surface area contributed by atoms with Crippen LogP contribution in [0.15, 0.2) is 12.4 Å². The van der Waals surface area contributed by atoms with Crippen molar-refractivity contribution < 1.29 is 9.53 Å². The van der Waals surface area contributed by atoms with Crippen LogP contribution >= 0.6 is 0 Å². The van der Waals surface area contributed by atoms with Crippen LogP contribution in [-0.2, 0) is 36.2 Å². The monoisotopic (exact) mass is 318 g/mol. The Kier molecular flexibility index (Phi) is 5.58. The Morgan fingerprint density at radius 2 is 2.09 bits per heavy atom. The topological polar surface area (TPSA) is 61.9 Å². The molecule has 0 bridgehead atoms. The van der Waals surface area contributed by atoms with Gasteiger partial charge < -0.3 is 4.74 Å². The molecule has 6 nitrogen and oxygen atoms in total. The van der Waals surface area contributed by atoms with E-state index in [2.05, 4.69) is 31.0 Å². The van der Waals surface area contributed by atoms with Gasteiger partial charge in [0.05, 0.1) is 11.9 Å². The summed E-state index contributed by atoms with van der Waals surface area (Å²) in [6, 6.07) is 0. The van der Waals surface area contributed by atoms with E-state index < -0.39 is 0 Å². The van der Waals surface area contributed by atoms with Crippen LogP contribution in [0.3, 0.4) is 0 Å². The molecule has 0 radical (unpaired) electrons. The predicted molar refractivity (Wildman–Crippen MR) is 87.9 cm³/mol. The summed E-state index contributed by atoms with van der Waals surface area (Å²) < 4.78 is 9.03. The number of nitrogens with zero attached hydrogens (tertiary/aromatic N) is 4. The molecule has 2 aromatic heterocycles. The molecule has 0 unspecified atom stereocenters. The highest BCUT2D eigenvalue weighted by molar-refractivity contribution is 5.69. The number of hydrogen-bond donors (Lipinski definition) is 0. The van der Waals surface area contributed by atoms with Crippen LogP contribution in [0.5, 0.6) is 0 Å². The summed E-state index contributed by atoms with van der Waals surface area (Å²) in [4.78, 5) is 11.9. The molecule has 0 spiro atoms. The summed E-state index contributed by atoms with van der Waals surface area (Å²) in [5, 5.41) is 8.63. The summed E-state index contributed by atoms with van der Waals surface area (Å²) in [7, 11) is 1.84. The quantitative estimate of drug-likeness (QED) is 0.736. The molecule has 2 heterocycles. The molecular formula is C17H26N4O2. The first-order valence-corrected chi connectivity index (χ1v) is 8.02. The second-order valence-corrected chi connectivity index (χ2v) is 6.41. The van der Waals surface area contributed by atoms with Crippen molar-refractivity contribution in [2.45, 2.75) is 53.7 Å². The van der Waals surface area contributed by atoms with Crippen molar-refractivity contribution in [2.24, 2.45) is 13.0 Å². The lowest BCUT2D eigenvalue weighted by Crippen LogP contribution is -2.09. The van der Waals surface area contributed by atoms with Gasteiger partial charge >= 0.3 is 5.97 Å². The van der Waals surface area contributed by atoms with Crippen LogP contribution in [0.1, 0.15) is 42.8 Å². The Hall–Kier alpha value is -2.11. The fourth-order valence-electron chi connectivity index (χ4n) is 2.63. The van der Waals surface area contributed by atoms with Gasteiger partial charge in [-0.15, -0.1) is 0 Å². The van der Waals surface area contributed by atoms with E-state index in [1.807, 2.05) is 24.9 Å². The van der Waals surface area contributed by atoms with Crippen molar-refractivity contribution in [1.82, 2.24) is 19.6 Å². The second kappa shape index (κ2) is 7.44. The van der Waals surface area contributed by atoms with E-state index in [-0.39, 0.29) is 12.6 Å². The lowest BCUT2D eigenvalue weighted by Gasteiger charge is -2.08. The zero-order valence-corrected chi connectivity index (χ0v) is 14.7. The number of ether oxygens (including phenoxy) is 1. The first-order valence-electron chi connectivity index (χ1n) is 8.02. The number of carbonyl (C=O) groups excluding carboxylic acids is 1. The minimum absolute atomic E-state index is 0.190. The normalized spacial score (nSPS) is 11.2. The Morgan fingerprint density at radius 1 is 1.35 bits per heavy atom. The standard InChI is InChI=1S/C17H26N4O2/c1-12(2)9-21-14(4)16(13(3)19-21)6-7-17(22)23-11-15-8-18-20(5)10-15/h8,10,12H,6-7,9,11H2,1-5H3. The maximum Gasteiger partial charge on any atom is 0.306 e. The van der Waals surface area contributed by atoms with Gasteiger partial charge in [-0.1, -0.05) is 13.8 Å². The fraction of sp³-hybridized carbons (Fsp3) is 0.588. The number of carbonyl (C=O) groups is 1. The Labute approximate surface area is 137 Å². The largest absolute Gasteiger partial charge is 0.461 e. The molecular weight excluding hydrogens is 292 g/mol. The number of hydrogen-bond acceptors (Lipinski definition) is 4. The summed E-state index contributed by atoms with van der Waals surface area (Å²) in [6.45, 7) is 9.59. The van der Waals surface area contributed by atoms with E-state index in [1.165, 1.54) is 0 Å². The number of aryl methyl sites for hydroxylation is 2. The number of aromatic nitrogens is 4. The van der Waals surface area contributed by atoms with Gasteiger partial charge in [0.2, 0.25) is 0 Å². The minimum atomic E-state index is -0.190. The van der Waals surface area contributed by atoms with E-state index >= 15 is 0 Å². The van der Waals surface area contributed by atoms with Crippen molar-refractivity contribution in [3.05, 3.63) is 34.9 Å². The van der Waals surface area contributed by atoms with Crippen molar-refractivity contribution in [3.8, 4) is 0 Å². The van der Waals surface area contributed by atoms with Gasteiger partial charge in [0.25, 0.3) is 0 Å². The van der Waals surface area contributed by atoms with E-state index in [9.17, 15) is 4.79 Å². The third kappa shape index (κ3) is 4.68. The molecule has 2 rings (SSSR count). The minimum Gasteiger partial charge on any atom is -0.461 e. The zero-order valence-electron chi connectivity index (χ0n) is 14.7. The maximum absolute atomic E-state index is 11.9. The average molecular weight is 318 g/mol. The van der Waals surface area contributed by atoms with Gasteiger partial charge in [-0.2, -0.15) is 10.2 Å². The molecule has 2 aromatic rings. The molecule has 0 amide bonds. The Bertz CT molecular complexity index is 670. The van der Waals surface area contributed by atoms with Gasteiger partial charge in [-0.05, 0) is 31.7 Å². The summed E-state index contributed by atoms with van der Waals surface area (Å²) in [6.07, 6.45) is 4.59. The smallest absolute Gasteiger partial charge is 0.306 e. The molecule has 0 saturated carbocycles. The van der Waals surface area contributed by atoms with Gasteiger partial charge in [-0.25, -0.2) is 0 Å². The second-order valence-electron chi connectivity index (χ2n) is 6.41. The molecule has 0 atom stereocenters. The third-order valence-corrected chi connectivity index (χ3v) is 3.81. The van der Waals surface area contributed by atoms with E-state index in [4.69, 9.17) is 4.74 Å². The Morgan fingerprint density at radius 3 is 2.70 bits per heavy atom. The molecule has 0 aliphatic carbocycles. The molecule has 0 aliphatic rings. The highest BCUT2D eigenvalue weighted by atomic mass is 16.5. The lowest BCUT2D eigenvalue weighted by molar-refractivity contribution is -0.144. The summed E-state index contributed by atoms with van der Waals surface area (Å²) in [5.41, 5.74) is 4.21. The number of esters is 1. The highest BCUT2D eigenvalue weighted by Crippen LogP contribution is 2.17. The maximum atomic E-state index is 11.9. The van der Waals surface area contributed by atoms with Crippen molar-refractivity contribution >= 4 is 5.97 Å². The molecule has 23 heavy (non-hydrogen) atoms. The van der Waals surface area contributed by atoms with Gasteiger partial charge in [-0.3, -0.25) is 14.2 Å². The van der Waals surface area contributed by atoms with Crippen LogP contribution in [0.25, 0.3) is 0 Å². The lowest BCUT2D eigenvalue weighted by atomic mass is 10.1.